The van der Waals surface area contributed by atoms with E-state index in [1.807, 2.05) is 0 Å². The van der Waals surface area contributed by atoms with Crippen LogP contribution in [0, 0.1) is 0 Å². The first kappa shape index (κ1) is 20.1. The molecule has 0 rings (SSSR count). The van der Waals surface area contributed by atoms with E-state index in [1.165, 1.54) is 13.8 Å². The average Bonchev–Trinajstić information content (AvgIpc) is 2.02. The van der Waals surface area contributed by atoms with E-state index < -0.39 is 21.5 Å². The molecule has 0 aromatic carbocycles. The molecule has 0 bridgehead atoms. The number of hydrogen-bond donors (Lipinski definition) is 2. The minimum absolute atomic E-state index is 0. The Morgan fingerprint density at radius 2 is 1.80 bits per heavy atom. The Bertz CT molecular complexity index is 285. The fraction of sp³-hybridized carbons (Fsp3) is 0.571. The summed E-state index contributed by atoms with van der Waals surface area (Å²) in [5.41, 5.74) is -1.56. The summed E-state index contributed by atoms with van der Waals surface area (Å²) in [6, 6.07) is 0. The van der Waals surface area contributed by atoms with Crippen molar-refractivity contribution in [2.45, 2.75) is 25.7 Å². The molecule has 0 amide bonds. The molecular weight excluding hydrogens is 219 g/mol. The maximum Gasteiger partial charge on any atom is 1.00 e. The predicted octanol–water partition coefficient (Wildman–Crippen LogP) is -3.09. The Hall–Kier alpha value is -0.323. The van der Waals surface area contributed by atoms with Gasteiger partial charge in [-0.1, -0.05) is 13.5 Å². The molecule has 8 heteroatoms. The zero-order valence-corrected chi connectivity index (χ0v) is 9.74. The molecule has 84 valence electrons. The molecule has 0 aromatic heterocycles. The van der Waals surface area contributed by atoms with Gasteiger partial charge in [0, 0.05) is 5.57 Å². The Labute approximate surface area is 101 Å². The topological polar surface area (TPSA) is 115 Å². The van der Waals surface area contributed by atoms with Crippen LogP contribution in [-0.4, -0.2) is 34.6 Å². The second-order valence-corrected chi connectivity index (χ2v) is 3.97. The van der Waals surface area contributed by atoms with Crippen LogP contribution in [0.25, 0.3) is 0 Å². The van der Waals surface area contributed by atoms with E-state index in [0.717, 1.165) is 0 Å². The first-order chi connectivity index (χ1) is 6.12. The second kappa shape index (κ2) is 8.94. The van der Waals surface area contributed by atoms with E-state index in [4.69, 9.17) is 10.2 Å². The summed E-state index contributed by atoms with van der Waals surface area (Å²) in [6.07, 6.45) is -0.0498. The van der Waals surface area contributed by atoms with E-state index in [9.17, 15) is 17.8 Å². The van der Waals surface area contributed by atoms with Crippen LogP contribution < -0.4 is 18.9 Å². The van der Waals surface area contributed by atoms with Crippen LogP contribution >= 0.6 is 0 Å². The van der Waals surface area contributed by atoms with Crippen LogP contribution in [0.2, 0.25) is 0 Å². The molecule has 0 aliphatic heterocycles. The van der Waals surface area contributed by atoms with Crippen LogP contribution in [0.3, 0.4) is 0 Å². The largest absolute Gasteiger partial charge is 1.00 e. The maximum absolute atomic E-state index is 9.76. The van der Waals surface area contributed by atoms with Gasteiger partial charge in [-0.05, 0) is 13.3 Å². The van der Waals surface area contributed by atoms with Gasteiger partial charge in [-0.2, -0.15) is 0 Å². The van der Waals surface area contributed by atoms with E-state index in [2.05, 4.69) is 6.58 Å². The molecular formula is C7H13LiO6S. The summed E-state index contributed by atoms with van der Waals surface area (Å²) in [7, 11) is -4.45. The van der Waals surface area contributed by atoms with Crippen LogP contribution in [0.5, 0.6) is 0 Å². The van der Waals surface area contributed by atoms with Crippen molar-refractivity contribution in [3.05, 3.63) is 12.2 Å². The first-order valence-corrected chi connectivity index (χ1v) is 5.11. The van der Waals surface area contributed by atoms with Gasteiger partial charge in [0.25, 0.3) is 0 Å². The number of carboxylic acids is 1. The fourth-order valence-electron chi connectivity index (χ4n) is 0.204. The van der Waals surface area contributed by atoms with Crippen LogP contribution in [0.1, 0.15) is 20.3 Å². The third-order valence-electron chi connectivity index (χ3n) is 1.05. The standard InChI is InChI=1S/C4H6O2.C3H8O4S.Li/c1-3(2)4(5)6;1-2-3(4)8(5,6)7;/h1H2,2H3,(H,5,6);3-4H,2H2,1H3,(H,5,6,7);/q;;+1/p-1. The van der Waals surface area contributed by atoms with Gasteiger partial charge in [0.2, 0.25) is 0 Å². The number of aliphatic carboxylic acids is 1. The number of aliphatic hydroxyl groups excluding tert-OH is 1. The predicted molar refractivity (Wildman–Crippen MR) is 48.4 cm³/mol. The summed E-state index contributed by atoms with van der Waals surface area (Å²) in [5, 5.41) is 16.2. The third kappa shape index (κ3) is 13.7. The Kier molecular flexibility index (Phi) is 12.0. The first-order valence-electron chi connectivity index (χ1n) is 3.64. The minimum atomic E-state index is -4.45. The summed E-state index contributed by atoms with van der Waals surface area (Å²) in [4.78, 5) is 9.60. The molecule has 0 fully saturated rings. The van der Waals surface area contributed by atoms with E-state index >= 15 is 0 Å². The van der Waals surface area contributed by atoms with Gasteiger partial charge in [-0.25, -0.2) is 13.2 Å². The molecule has 2 N–H and O–H groups in total. The molecule has 0 aromatic rings. The van der Waals surface area contributed by atoms with E-state index in [0.29, 0.717) is 0 Å². The normalized spacial score (nSPS) is 11.5. The number of carboxylic acid groups (broad SMARTS) is 1. The quantitative estimate of drug-likeness (QED) is 0.303. The van der Waals surface area contributed by atoms with Gasteiger partial charge >= 0.3 is 24.8 Å². The van der Waals surface area contributed by atoms with Gasteiger partial charge in [-0.15, -0.1) is 0 Å². The van der Waals surface area contributed by atoms with Crippen LogP contribution in [0.4, 0.5) is 0 Å². The Morgan fingerprint density at radius 3 is 1.80 bits per heavy atom. The average molecular weight is 232 g/mol. The van der Waals surface area contributed by atoms with Crippen molar-refractivity contribution in [2.75, 3.05) is 0 Å². The molecule has 0 spiro atoms. The molecule has 1 unspecified atom stereocenters. The van der Waals surface area contributed by atoms with Crippen molar-refractivity contribution >= 4 is 16.1 Å². The molecule has 0 saturated heterocycles. The van der Waals surface area contributed by atoms with Gasteiger partial charge < -0.3 is 14.8 Å². The van der Waals surface area contributed by atoms with Gasteiger partial charge in [0.1, 0.15) is 15.6 Å². The van der Waals surface area contributed by atoms with Crippen LogP contribution in [-0.2, 0) is 14.9 Å². The van der Waals surface area contributed by atoms with Gasteiger partial charge in [0.05, 0.1) is 0 Å². The second-order valence-electron chi connectivity index (χ2n) is 2.44. The van der Waals surface area contributed by atoms with Gasteiger partial charge in [0.15, 0.2) is 0 Å². The number of hydrogen-bond acceptors (Lipinski definition) is 5. The summed E-state index contributed by atoms with van der Waals surface area (Å²) < 4.78 is 29.3. The molecule has 0 heterocycles. The molecule has 15 heavy (non-hydrogen) atoms. The molecule has 0 saturated carbocycles. The summed E-state index contributed by atoms with van der Waals surface area (Å²) in [6.45, 7) is 6.02. The SMILES string of the molecule is C=C(C)C(=O)O.CCC(O)S(=O)(=O)[O-].[Li+]. The summed E-state index contributed by atoms with van der Waals surface area (Å²) in [5.74, 6) is -0.935. The number of rotatable bonds is 3. The zero-order chi connectivity index (χ0) is 11.9. The number of aliphatic hydroxyl groups is 1. The van der Waals surface area contributed by atoms with Crippen molar-refractivity contribution in [3.63, 3.8) is 0 Å². The van der Waals surface area contributed by atoms with Crippen molar-refractivity contribution in [2.24, 2.45) is 0 Å². The van der Waals surface area contributed by atoms with Crippen molar-refractivity contribution < 1.29 is 46.8 Å². The fourth-order valence-corrected chi connectivity index (χ4v) is 0.612. The van der Waals surface area contributed by atoms with E-state index in [1.54, 1.807) is 0 Å². The third-order valence-corrected chi connectivity index (χ3v) is 2.05. The van der Waals surface area contributed by atoms with Crippen molar-refractivity contribution in [3.8, 4) is 0 Å². The Balaban J connectivity index is -0.000000187. The molecule has 0 aliphatic rings. The zero-order valence-electron chi connectivity index (χ0n) is 8.93. The van der Waals surface area contributed by atoms with Gasteiger partial charge in [-0.3, -0.25) is 0 Å². The smallest absolute Gasteiger partial charge is 0.746 e. The summed E-state index contributed by atoms with van der Waals surface area (Å²) >= 11 is 0. The molecule has 0 radical (unpaired) electrons. The Morgan fingerprint density at radius 1 is 1.53 bits per heavy atom. The van der Waals surface area contributed by atoms with E-state index in [-0.39, 0.29) is 30.9 Å². The minimum Gasteiger partial charge on any atom is -0.746 e. The van der Waals surface area contributed by atoms with Crippen molar-refractivity contribution in [1.82, 2.24) is 0 Å². The molecule has 1 atom stereocenters. The van der Waals surface area contributed by atoms with Crippen LogP contribution in [0.15, 0.2) is 12.2 Å². The molecule has 0 aliphatic carbocycles. The molecule has 6 nitrogen and oxygen atoms in total. The number of carbonyl (C=O) groups is 1. The van der Waals surface area contributed by atoms with Crippen molar-refractivity contribution in [1.29, 1.82) is 0 Å². The maximum atomic E-state index is 9.76. The monoisotopic (exact) mass is 232 g/mol.